The van der Waals surface area contributed by atoms with E-state index in [4.69, 9.17) is 9.97 Å². The van der Waals surface area contributed by atoms with E-state index in [1.165, 1.54) is 5.56 Å². The molecule has 1 aliphatic heterocycles. The summed E-state index contributed by atoms with van der Waals surface area (Å²) < 4.78 is 11.9. The Hall–Kier alpha value is -2.14. The van der Waals surface area contributed by atoms with Crippen LogP contribution in [-0.2, 0) is 16.9 Å². The van der Waals surface area contributed by atoms with Crippen molar-refractivity contribution in [2.24, 2.45) is 0 Å². The smallest absolute Gasteiger partial charge is 0.225 e. The number of aliphatic hydroxyl groups excluding tert-OH is 1. The van der Waals surface area contributed by atoms with Crippen LogP contribution in [-0.4, -0.2) is 66.3 Å². The molecule has 8 nitrogen and oxygen atoms in total. The van der Waals surface area contributed by atoms with Gasteiger partial charge in [-0.1, -0.05) is 53.3 Å². The maximum absolute atomic E-state index is 11.9. The van der Waals surface area contributed by atoms with Gasteiger partial charge in [-0.25, -0.2) is 15.0 Å². The lowest BCUT2D eigenvalue weighted by Crippen LogP contribution is -2.41. The first kappa shape index (κ1) is 22.6. The highest BCUT2D eigenvalue weighted by Crippen LogP contribution is 2.32. The van der Waals surface area contributed by atoms with Gasteiger partial charge in [-0.05, 0) is 31.2 Å². The molecule has 5 rings (SSSR count). The fourth-order valence-corrected chi connectivity index (χ4v) is 6.23. The second kappa shape index (κ2) is 10.4. The SMILES string of the molecule is [O-][S+]1CCN(c2nc(NC3CCC(O)CC3)nc3c(SCc4ccccc4)ncnc23)CC1. The first-order valence-electron chi connectivity index (χ1n) is 11.4. The molecular formula is C23H28N6O2S2. The van der Waals surface area contributed by atoms with E-state index in [1.54, 1.807) is 18.1 Å². The molecular weight excluding hydrogens is 456 g/mol. The summed E-state index contributed by atoms with van der Waals surface area (Å²) in [5.74, 6) is 3.41. The summed E-state index contributed by atoms with van der Waals surface area (Å²) in [4.78, 5) is 21.0. The van der Waals surface area contributed by atoms with Crippen LogP contribution in [0.5, 0.6) is 0 Å². The van der Waals surface area contributed by atoms with Crippen LogP contribution in [0.4, 0.5) is 11.8 Å². The van der Waals surface area contributed by atoms with Crippen LogP contribution >= 0.6 is 11.8 Å². The Morgan fingerprint density at radius 2 is 1.79 bits per heavy atom. The minimum atomic E-state index is -0.773. The molecule has 0 bridgehead atoms. The zero-order valence-electron chi connectivity index (χ0n) is 18.4. The summed E-state index contributed by atoms with van der Waals surface area (Å²) in [6.07, 6.45) is 4.73. The molecule has 1 saturated carbocycles. The Balaban J connectivity index is 1.48. The van der Waals surface area contributed by atoms with Gasteiger partial charge in [0.15, 0.2) is 5.82 Å². The lowest BCUT2D eigenvalue weighted by atomic mass is 9.93. The highest BCUT2D eigenvalue weighted by molar-refractivity contribution is 7.98. The molecule has 1 saturated heterocycles. The first-order chi connectivity index (χ1) is 16.2. The molecule has 174 valence electrons. The maximum atomic E-state index is 11.9. The average Bonchev–Trinajstić information content (AvgIpc) is 2.85. The van der Waals surface area contributed by atoms with E-state index in [0.29, 0.717) is 30.5 Å². The fourth-order valence-electron chi connectivity index (χ4n) is 4.28. The Kier molecular flexibility index (Phi) is 7.15. The van der Waals surface area contributed by atoms with Crippen molar-refractivity contribution in [1.29, 1.82) is 0 Å². The molecule has 2 aliphatic rings. The van der Waals surface area contributed by atoms with E-state index < -0.39 is 11.2 Å². The Bertz CT molecular complexity index is 1070. The molecule has 0 radical (unpaired) electrons. The van der Waals surface area contributed by atoms with Gasteiger partial charge in [0, 0.05) is 11.8 Å². The molecule has 0 atom stereocenters. The quantitative estimate of drug-likeness (QED) is 0.310. The number of benzene rings is 1. The van der Waals surface area contributed by atoms with Crippen molar-refractivity contribution in [2.45, 2.75) is 48.6 Å². The van der Waals surface area contributed by atoms with Gasteiger partial charge in [-0.15, -0.1) is 0 Å². The van der Waals surface area contributed by atoms with Crippen molar-refractivity contribution in [3.8, 4) is 0 Å². The van der Waals surface area contributed by atoms with Crippen LogP contribution in [0, 0.1) is 0 Å². The second-order valence-electron chi connectivity index (χ2n) is 8.51. The minimum Gasteiger partial charge on any atom is -0.616 e. The molecule has 2 aromatic heterocycles. The molecule has 3 heterocycles. The van der Waals surface area contributed by atoms with Crippen LogP contribution in [0.15, 0.2) is 41.7 Å². The summed E-state index contributed by atoms with van der Waals surface area (Å²) in [6, 6.07) is 10.5. The largest absolute Gasteiger partial charge is 0.616 e. The van der Waals surface area contributed by atoms with Gasteiger partial charge >= 0.3 is 0 Å². The van der Waals surface area contributed by atoms with Gasteiger partial charge in [0.25, 0.3) is 0 Å². The Morgan fingerprint density at radius 3 is 2.55 bits per heavy atom. The molecule has 1 aromatic carbocycles. The molecule has 3 aromatic rings. The van der Waals surface area contributed by atoms with Gasteiger partial charge in [0.05, 0.1) is 19.2 Å². The monoisotopic (exact) mass is 484 g/mol. The number of aromatic nitrogens is 4. The van der Waals surface area contributed by atoms with Gasteiger partial charge in [0.1, 0.15) is 33.9 Å². The van der Waals surface area contributed by atoms with Gasteiger partial charge in [-0.3, -0.25) is 0 Å². The van der Waals surface area contributed by atoms with E-state index in [2.05, 4.69) is 32.3 Å². The topological polar surface area (TPSA) is 110 Å². The van der Waals surface area contributed by atoms with Crippen molar-refractivity contribution < 1.29 is 9.66 Å². The van der Waals surface area contributed by atoms with Gasteiger partial charge in [0.2, 0.25) is 5.95 Å². The predicted molar refractivity (Wildman–Crippen MR) is 133 cm³/mol. The number of hydrogen-bond acceptors (Lipinski definition) is 9. The number of thioether (sulfide) groups is 1. The van der Waals surface area contributed by atoms with Gasteiger partial charge in [-0.2, -0.15) is 4.98 Å². The van der Waals surface area contributed by atoms with Crippen LogP contribution in [0.1, 0.15) is 31.2 Å². The third kappa shape index (κ3) is 5.51. The maximum Gasteiger partial charge on any atom is 0.225 e. The standard InChI is InChI=1S/C23H28N6O2S2/c30-18-8-6-17(7-9-18)26-23-27-20-19(21(28-23)29-10-12-33(31)13-11-29)24-15-25-22(20)32-14-16-4-2-1-3-5-16/h1-5,15,17-18,30H,6-14H2,(H,26,27,28). The predicted octanol–water partition coefficient (Wildman–Crippen LogP) is 3.00. The summed E-state index contributed by atoms with van der Waals surface area (Å²) >= 11 is 0.872. The van der Waals surface area contributed by atoms with E-state index in [-0.39, 0.29) is 12.1 Å². The Morgan fingerprint density at radius 1 is 1.03 bits per heavy atom. The Labute approximate surface area is 200 Å². The zero-order chi connectivity index (χ0) is 22.6. The number of anilines is 2. The van der Waals surface area contributed by atoms with E-state index in [0.717, 1.165) is 53.3 Å². The normalized spacial score (nSPS) is 21.9. The number of nitrogens with zero attached hydrogens (tertiary/aromatic N) is 5. The third-order valence-electron chi connectivity index (χ3n) is 6.16. The molecule has 0 amide bonds. The summed E-state index contributed by atoms with van der Waals surface area (Å²) in [5, 5.41) is 14.2. The molecule has 1 aliphatic carbocycles. The number of fused-ring (bicyclic) bond motifs is 1. The minimum absolute atomic E-state index is 0.209. The highest BCUT2D eigenvalue weighted by atomic mass is 32.2. The molecule has 2 fully saturated rings. The number of aliphatic hydroxyl groups is 1. The van der Waals surface area contributed by atoms with Crippen LogP contribution in [0.25, 0.3) is 11.0 Å². The van der Waals surface area contributed by atoms with Crippen molar-refractivity contribution in [1.82, 2.24) is 19.9 Å². The van der Waals surface area contributed by atoms with Crippen LogP contribution < -0.4 is 10.2 Å². The van der Waals surface area contributed by atoms with Crippen LogP contribution in [0.3, 0.4) is 0 Å². The van der Waals surface area contributed by atoms with Crippen LogP contribution in [0.2, 0.25) is 0 Å². The van der Waals surface area contributed by atoms with Crippen molar-refractivity contribution in [3.63, 3.8) is 0 Å². The zero-order valence-corrected chi connectivity index (χ0v) is 20.0. The van der Waals surface area contributed by atoms with Crippen molar-refractivity contribution in [3.05, 3.63) is 42.2 Å². The summed E-state index contributed by atoms with van der Waals surface area (Å²) in [6.45, 7) is 1.37. The third-order valence-corrected chi connectivity index (χ3v) is 8.48. The first-order valence-corrected chi connectivity index (χ1v) is 13.9. The number of rotatable bonds is 6. The van der Waals surface area contributed by atoms with Gasteiger partial charge < -0.3 is 19.9 Å². The van der Waals surface area contributed by atoms with Crippen molar-refractivity contribution in [2.75, 3.05) is 34.8 Å². The molecule has 0 spiro atoms. The number of hydrogen-bond donors (Lipinski definition) is 2. The second-order valence-corrected chi connectivity index (χ2v) is 11.2. The van der Waals surface area contributed by atoms with E-state index >= 15 is 0 Å². The average molecular weight is 485 g/mol. The lowest BCUT2D eigenvalue weighted by Gasteiger charge is -2.30. The lowest BCUT2D eigenvalue weighted by molar-refractivity contribution is 0.126. The molecule has 33 heavy (non-hydrogen) atoms. The molecule has 2 N–H and O–H groups in total. The fraction of sp³-hybridized carbons (Fsp3) is 0.478. The molecule has 0 unspecified atom stereocenters. The van der Waals surface area contributed by atoms with E-state index in [1.807, 2.05) is 18.2 Å². The summed E-state index contributed by atoms with van der Waals surface area (Å²) in [7, 11) is 0. The number of nitrogens with one attached hydrogen (secondary N) is 1. The highest BCUT2D eigenvalue weighted by Gasteiger charge is 2.26. The van der Waals surface area contributed by atoms with Crippen molar-refractivity contribution >= 4 is 45.7 Å². The summed E-state index contributed by atoms with van der Waals surface area (Å²) in [5.41, 5.74) is 2.70. The van der Waals surface area contributed by atoms with E-state index in [9.17, 15) is 9.66 Å². The molecule has 10 heteroatoms.